The minimum Gasteiger partial charge on any atom is -0.495 e. The number of fused-ring (bicyclic) bond motifs is 1. The van der Waals surface area contributed by atoms with E-state index in [2.05, 4.69) is 10.3 Å². The molecule has 1 aromatic heterocycles. The van der Waals surface area contributed by atoms with Gasteiger partial charge in [-0.25, -0.2) is 4.98 Å². The molecule has 1 aliphatic heterocycles. The van der Waals surface area contributed by atoms with Crippen LogP contribution in [0.25, 0.3) is 11.3 Å². The lowest BCUT2D eigenvalue weighted by Crippen LogP contribution is -2.47. The quantitative estimate of drug-likeness (QED) is 0.618. The molecule has 1 aliphatic rings. The summed E-state index contributed by atoms with van der Waals surface area (Å²) in [7, 11) is 1.55. The molecule has 166 valence electrons. The van der Waals surface area contributed by atoms with E-state index in [1.165, 1.54) is 4.90 Å². The van der Waals surface area contributed by atoms with Gasteiger partial charge in [0.05, 0.1) is 29.2 Å². The molecule has 0 saturated heterocycles. The number of carbonyl (C=O) groups excluding carboxylic acids is 2. The lowest BCUT2D eigenvalue weighted by atomic mass is 10.1. The van der Waals surface area contributed by atoms with Gasteiger partial charge in [-0.1, -0.05) is 6.07 Å². The third-order valence-corrected chi connectivity index (χ3v) is 6.16. The Kier molecular flexibility index (Phi) is 5.88. The van der Waals surface area contributed by atoms with Gasteiger partial charge in [-0.3, -0.25) is 14.5 Å². The number of aromatic nitrogens is 1. The second-order valence-electron chi connectivity index (χ2n) is 7.76. The van der Waals surface area contributed by atoms with Crippen molar-refractivity contribution in [3.63, 3.8) is 0 Å². The SMILES string of the molecule is COc1ccc(C)cc1NC(=O)CN1C(=O)C(C)Oc2ccc(-c3nc(C)sc3C)cc21. The van der Waals surface area contributed by atoms with E-state index in [-0.39, 0.29) is 18.4 Å². The van der Waals surface area contributed by atoms with Crippen LogP contribution in [0.5, 0.6) is 11.5 Å². The zero-order valence-electron chi connectivity index (χ0n) is 18.7. The fraction of sp³-hybridized carbons (Fsp3) is 0.292. The minimum absolute atomic E-state index is 0.144. The van der Waals surface area contributed by atoms with E-state index in [1.807, 2.05) is 51.1 Å². The normalized spacial score (nSPS) is 15.2. The number of hydrogen-bond acceptors (Lipinski definition) is 6. The Morgan fingerprint density at radius 2 is 2.00 bits per heavy atom. The molecule has 8 heteroatoms. The van der Waals surface area contributed by atoms with E-state index < -0.39 is 6.10 Å². The van der Waals surface area contributed by atoms with Crippen molar-refractivity contribution in [1.82, 2.24) is 4.98 Å². The van der Waals surface area contributed by atoms with Crippen molar-refractivity contribution in [2.45, 2.75) is 33.8 Å². The summed E-state index contributed by atoms with van der Waals surface area (Å²) in [6.45, 7) is 7.45. The van der Waals surface area contributed by atoms with Crippen LogP contribution in [0.15, 0.2) is 36.4 Å². The Morgan fingerprint density at radius 3 is 2.69 bits per heavy atom. The zero-order valence-corrected chi connectivity index (χ0v) is 19.5. The molecule has 1 atom stereocenters. The molecule has 4 rings (SSSR count). The van der Waals surface area contributed by atoms with Crippen molar-refractivity contribution in [3.05, 3.63) is 51.8 Å². The standard InChI is InChI=1S/C24H25N3O4S/c1-13-6-8-20(30-5)18(10-13)26-22(28)12-27-19-11-17(23-15(3)32-16(4)25-23)7-9-21(19)31-14(2)24(27)29/h6-11,14H,12H2,1-5H3,(H,26,28). The average Bonchev–Trinajstić information content (AvgIpc) is 3.09. The van der Waals surface area contributed by atoms with E-state index in [0.29, 0.717) is 22.9 Å². The number of aryl methyl sites for hydroxylation is 3. The summed E-state index contributed by atoms with van der Waals surface area (Å²) in [4.78, 5) is 33.1. The highest BCUT2D eigenvalue weighted by atomic mass is 32.1. The highest BCUT2D eigenvalue weighted by Crippen LogP contribution is 2.39. The van der Waals surface area contributed by atoms with Crippen molar-refractivity contribution in [1.29, 1.82) is 0 Å². The van der Waals surface area contributed by atoms with E-state index >= 15 is 0 Å². The van der Waals surface area contributed by atoms with Crippen molar-refractivity contribution in [3.8, 4) is 22.8 Å². The second-order valence-corrected chi connectivity index (χ2v) is 9.16. The van der Waals surface area contributed by atoms with Gasteiger partial charge in [0.25, 0.3) is 5.91 Å². The molecule has 7 nitrogen and oxygen atoms in total. The number of carbonyl (C=O) groups is 2. The lowest BCUT2D eigenvalue weighted by molar-refractivity contribution is -0.127. The smallest absolute Gasteiger partial charge is 0.268 e. The molecule has 0 bridgehead atoms. The molecule has 0 aliphatic carbocycles. The zero-order chi connectivity index (χ0) is 23.0. The Morgan fingerprint density at radius 1 is 1.22 bits per heavy atom. The summed E-state index contributed by atoms with van der Waals surface area (Å²) >= 11 is 1.62. The summed E-state index contributed by atoms with van der Waals surface area (Å²) in [5.41, 5.74) is 3.86. The summed E-state index contributed by atoms with van der Waals surface area (Å²) < 4.78 is 11.1. The molecule has 0 spiro atoms. The first-order chi connectivity index (χ1) is 15.3. The van der Waals surface area contributed by atoms with Gasteiger partial charge in [-0.15, -0.1) is 11.3 Å². The van der Waals surface area contributed by atoms with Crippen molar-refractivity contribution in [2.24, 2.45) is 0 Å². The van der Waals surface area contributed by atoms with Gasteiger partial charge in [0.1, 0.15) is 18.0 Å². The van der Waals surface area contributed by atoms with Crippen molar-refractivity contribution in [2.75, 3.05) is 23.9 Å². The fourth-order valence-electron chi connectivity index (χ4n) is 3.77. The third kappa shape index (κ3) is 4.18. The van der Waals surface area contributed by atoms with Gasteiger partial charge in [0.15, 0.2) is 6.10 Å². The maximum Gasteiger partial charge on any atom is 0.268 e. The van der Waals surface area contributed by atoms with E-state index in [4.69, 9.17) is 9.47 Å². The predicted molar refractivity (Wildman–Crippen MR) is 126 cm³/mol. The number of methoxy groups -OCH3 is 1. The number of nitrogens with one attached hydrogen (secondary N) is 1. The summed E-state index contributed by atoms with van der Waals surface area (Å²) in [5.74, 6) is 0.523. The number of thiazole rings is 1. The molecular formula is C24H25N3O4S. The predicted octanol–water partition coefficient (Wildman–Crippen LogP) is 4.50. The lowest BCUT2D eigenvalue weighted by Gasteiger charge is -2.33. The average molecular weight is 452 g/mol. The molecule has 0 radical (unpaired) electrons. The van der Waals surface area contributed by atoms with Crippen molar-refractivity contribution >= 4 is 34.5 Å². The van der Waals surface area contributed by atoms with Crippen LogP contribution < -0.4 is 19.7 Å². The van der Waals surface area contributed by atoms with Gasteiger partial charge in [0.2, 0.25) is 5.91 Å². The Labute approximate surface area is 191 Å². The third-order valence-electron chi connectivity index (χ3n) is 5.28. The summed E-state index contributed by atoms with van der Waals surface area (Å²) in [5, 5.41) is 3.84. The number of rotatable bonds is 5. The van der Waals surface area contributed by atoms with E-state index in [9.17, 15) is 9.59 Å². The highest BCUT2D eigenvalue weighted by molar-refractivity contribution is 7.11. The largest absolute Gasteiger partial charge is 0.495 e. The van der Waals surface area contributed by atoms with Crippen LogP contribution in [0.3, 0.4) is 0 Å². The molecule has 2 aromatic carbocycles. The molecule has 0 fully saturated rings. The Bertz CT molecular complexity index is 1200. The van der Waals surface area contributed by atoms with Crippen molar-refractivity contribution < 1.29 is 19.1 Å². The van der Waals surface area contributed by atoms with Crippen LogP contribution in [0, 0.1) is 20.8 Å². The van der Waals surface area contributed by atoms with Crippen LogP contribution in [0.4, 0.5) is 11.4 Å². The first-order valence-electron chi connectivity index (χ1n) is 10.3. The number of nitrogens with zero attached hydrogens (tertiary/aromatic N) is 2. The second kappa shape index (κ2) is 8.63. The molecule has 2 heterocycles. The Balaban J connectivity index is 1.65. The minimum atomic E-state index is -0.682. The van der Waals surface area contributed by atoms with Gasteiger partial charge in [-0.2, -0.15) is 0 Å². The number of amides is 2. The molecule has 3 aromatic rings. The number of hydrogen-bond donors (Lipinski definition) is 1. The van der Waals surface area contributed by atoms with Crippen LogP contribution in [0.2, 0.25) is 0 Å². The highest BCUT2D eigenvalue weighted by Gasteiger charge is 2.33. The van der Waals surface area contributed by atoms with Gasteiger partial charge in [0, 0.05) is 10.4 Å². The van der Waals surface area contributed by atoms with Crippen LogP contribution >= 0.6 is 11.3 Å². The number of ether oxygens (including phenoxy) is 2. The van der Waals surface area contributed by atoms with Crippen LogP contribution in [-0.2, 0) is 9.59 Å². The van der Waals surface area contributed by atoms with E-state index in [0.717, 1.165) is 26.7 Å². The molecular weight excluding hydrogens is 426 g/mol. The number of anilines is 2. The molecule has 1 N–H and O–H groups in total. The number of benzene rings is 2. The molecule has 0 saturated carbocycles. The topological polar surface area (TPSA) is 80.8 Å². The first kappa shape index (κ1) is 21.8. The summed E-state index contributed by atoms with van der Waals surface area (Å²) in [6, 6.07) is 11.2. The monoisotopic (exact) mass is 451 g/mol. The maximum absolute atomic E-state index is 13.0. The summed E-state index contributed by atoms with van der Waals surface area (Å²) in [6.07, 6.45) is -0.682. The van der Waals surface area contributed by atoms with Crippen LogP contribution in [0.1, 0.15) is 22.4 Å². The van der Waals surface area contributed by atoms with Gasteiger partial charge < -0.3 is 14.8 Å². The molecule has 32 heavy (non-hydrogen) atoms. The van der Waals surface area contributed by atoms with Gasteiger partial charge in [-0.05, 0) is 63.6 Å². The van der Waals surface area contributed by atoms with E-state index in [1.54, 1.807) is 31.4 Å². The van der Waals surface area contributed by atoms with Gasteiger partial charge >= 0.3 is 0 Å². The maximum atomic E-state index is 13.0. The van der Waals surface area contributed by atoms with Crippen LogP contribution in [-0.4, -0.2) is 36.6 Å². The first-order valence-corrected chi connectivity index (χ1v) is 11.1. The fourth-order valence-corrected chi connectivity index (χ4v) is 4.61. The molecule has 2 amide bonds. The molecule has 1 unspecified atom stereocenters. The Hall–Kier alpha value is -3.39.